The van der Waals surface area contributed by atoms with Crippen molar-refractivity contribution >= 4 is 21.6 Å². The molecule has 2 aromatic heterocycles. The van der Waals surface area contributed by atoms with Crippen molar-refractivity contribution in [3.05, 3.63) is 37.1 Å². The number of pyridine rings is 1. The number of imidazole rings is 1. The number of anilines is 1. The summed E-state index contributed by atoms with van der Waals surface area (Å²) >= 11 is 0. The molecule has 9 heteroatoms. The zero-order valence-electron chi connectivity index (χ0n) is 14.7. The molecule has 1 fully saturated rings. The monoisotopic (exact) mass is 377 g/mol. The highest BCUT2D eigenvalue weighted by Crippen LogP contribution is 2.23. The molecule has 3 rings (SSSR count). The van der Waals surface area contributed by atoms with E-state index in [0.29, 0.717) is 30.9 Å². The third-order valence-electron chi connectivity index (χ3n) is 4.36. The molecule has 1 saturated heterocycles. The fraction of sp³-hybridized carbons (Fsp3) is 0.471. The first-order chi connectivity index (χ1) is 12.5. The molecule has 1 aliphatic rings. The van der Waals surface area contributed by atoms with Crippen LogP contribution in [0.4, 0.5) is 5.69 Å². The first-order valence-electron chi connectivity index (χ1n) is 8.76. The molecule has 3 heterocycles. The number of nitrogens with zero attached hydrogens (tertiary/aromatic N) is 4. The van der Waals surface area contributed by atoms with Crippen LogP contribution in [0, 0.1) is 0 Å². The van der Waals surface area contributed by atoms with Gasteiger partial charge in [0.05, 0.1) is 17.6 Å². The Morgan fingerprint density at radius 1 is 1.35 bits per heavy atom. The molecule has 0 spiro atoms. The fourth-order valence-corrected chi connectivity index (χ4v) is 4.85. The van der Waals surface area contributed by atoms with E-state index in [1.54, 1.807) is 41.6 Å². The number of amides is 1. The Labute approximate surface area is 153 Å². The van der Waals surface area contributed by atoms with Crippen LogP contribution in [0.5, 0.6) is 0 Å². The van der Waals surface area contributed by atoms with E-state index in [1.807, 2.05) is 6.92 Å². The minimum atomic E-state index is -3.41. The molecule has 1 atom stereocenters. The number of hydrogen-bond donors (Lipinski definition) is 1. The van der Waals surface area contributed by atoms with E-state index in [9.17, 15) is 13.2 Å². The van der Waals surface area contributed by atoms with Crippen molar-refractivity contribution < 1.29 is 13.2 Å². The van der Waals surface area contributed by atoms with Crippen LogP contribution < -0.4 is 5.32 Å². The number of hydrogen-bond acceptors (Lipinski definition) is 5. The van der Waals surface area contributed by atoms with Gasteiger partial charge in [0.1, 0.15) is 18.2 Å². The maximum atomic E-state index is 12.7. The summed E-state index contributed by atoms with van der Waals surface area (Å²) in [5.74, 6) is 0.449. The van der Waals surface area contributed by atoms with Gasteiger partial charge in [-0.3, -0.25) is 9.36 Å². The van der Waals surface area contributed by atoms with Gasteiger partial charge in [-0.1, -0.05) is 13.3 Å². The Balaban J connectivity index is 1.71. The van der Waals surface area contributed by atoms with E-state index in [4.69, 9.17) is 0 Å². The first-order valence-corrected chi connectivity index (χ1v) is 10.4. The number of nitrogens with one attached hydrogen (secondary N) is 1. The summed E-state index contributed by atoms with van der Waals surface area (Å²) in [6.07, 6.45) is 9.33. The van der Waals surface area contributed by atoms with Crippen LogP contribution >= 0.6 is 0 Å². The molecule has 0 aliphatic carbocycles. The highest BCUT2D eigenvalue weighted by Gasteiger charge is 2.36. The minimum absolute atomic E-state index is 0.0674. The Kier molecular flexibility index (Phi) is 5.67. The van der Waals surface area contributed by atoms with Gasteiger partial charge in [-0.15, -0.1) is 0 Å². The summed E-state index contributed by atoms with van der Waals surface area (Å²) in [5.41, 5.74) is 0.539. The first kappa shape index (κ1) is 18.5. The standard InChI is InChI=1S/C17H23N5O3S/c1-2-11-26(24,25)22-9-4-3-5-15(22)17(23)20-14-6-7-16(19-12-14)21-10-8-18-13-21/h6-8,10,12-13,15H,2-5,9,11H2,1H3,(H,20,23). The van der Waals surface area contributed by atoms with Gasteiger partial charge >= 0.3 is 0 Å². The van der Waals surface area contributed by atoms with E-state index >= 15 is 0 Å². The van der Waals surface area contributed by atoms with Gasteiger partial charge < -0.3 is 5.32 Å². The number of aromatic nitrogens is 3. The second-order valence-electron chi connectivity index (χ2n) is 6.30. The Bertz CT molecular complexity index is 834. The summed E-state index contributed by atoms with van der Waals surface area (Å²) in [4.78, 5) is 20.9. The lowest BCUT2D eigenvalue weighted by Crippen LogP contribution is -2.50. The highest BCUT2D eigenvalue weighted by molar-refractivity contribution is 7.89. The van der Waals surface area contributed by atoms with E-state index in [0.717, 1.165) is 12.8 Å². The molecule has 1 N–H and O–H groups in total. The summed E-state index contributed by atoms with van der Waals surface area (Å²) in [5, 5.41) is 2.80. The maximum absolute atomic E-state index is 12.7. The highest BCUT2D eigenvalue weighted by atomic mass is 32.2. The second-order valence-corrected chi connectivity index (χ2v) is 8.34. The Morgan fingerprint density at radius 3 is 2.85 bits per heavy atom. The normalized spacial score (nSPS) is 18.6. The smallest absolute Gasteiger partial charge is 0.242 e. The van der Waals surface area contributed by atoms with Crippen molar-refractivity contribution in [2.24, 2.45) is 0 Å². The zero-order valence-corrected chi connectivity index (χ0v) is 15.5. The molecule has 1 unspecified atom stereocenters. The van der Waals surface area contributed by atoms with Crippen molar-refractivity contribution in [3.8, 4) is 5.82 Å². The van der Waals surface area contributed by atoms with Gasteiger partial charge in [0.2, 0.25) is 15.9 Å². The molecular weight excluding hydrogens is 354 g/mol. The Morgan fingerprint density at radius 2 is 2.19 bits per heavy atom. The molecule has 8 nitrogen and oxygen atoms in total. The van der Waals surface area contributed by atoms with Crippen molar-refractivity contribution in [2.45, 2.75) is 38.6 Å². The lowest BCUT2D eigenvalue weighted by Gasteiger charge is -2.33. The molecule has 140 valence electrons. The average molecular weight is 377 g/mol. The van der Waals surface area contributed by atoms with Crippen molar-refractivity contribution in [3.63, 3.8) is 0 Å². The number of piperidine rings is 1. The molecule has 1 amide bonds. The van der Waals surface area contributed by atoms with E-state index in [2.05, 4.69) is 15.3 Å². The molecule has 1 aliphatic heterocycles. The molecule has 2 aromatic rings. The Hall–Kier alpha value is -2.26. The van der Waals surface area contributed by atoms with Crippen LogP contribution in [0.3, 0.4) is 0 Å². The zero-order chi connectivity index (χ0) is 18.6. The molecule has 0 saturated carbocycles. The van der Waals surface area contributed by atoms with Crippen LogP contribution in [0.15, 0.2) is 37.1 Å². The topological polar surface area (TPSA) is 97.2 Å². The van der Waals surface area contributed by atoms with E-state index in [-0.39, 0.29) is 11.7 Å². The predicted molar refractivity (Wildman–Crippen MR) is 98.4 cm³/mol. The van der Waals surface area contributed by atoms with Gasteiger partial charge in [-0.2, -0.15) is 4.31 Å². The molecule has 26 heavy (non-hydrogen) atoms. The van der Waals surface area contributed by atoms with Gasteiger partial charge in [-0.25, -0.2) is 18.4 Å². The lowest BCUT2D eigenvalue weighted by molar-refractivity contribution is -0.120. The van der Waals surface area contributed by atoms with Crippen molar-refractivity contribution in [1.29, 1.82) is 0 Å². The summed E-state index contributed by atoms with van der Waals surface area (Å²) in [6.45, 7) is 2.22. The van der Waals surface area contributed by atoms with E-state index in [1.165, 1.54) is 4.31 Å². The number of sulfonamides is 1. The SMILES string of the molecule is CCCS(=O)(=O)N1CCCCC1C(=O)Nc1ccc(-n2ccnc2)nc1. The third-order valence-corrected chi connectivity index (χ3v) is 6.44. The largest absolute Gasteiger partial charge is 0.323 e. The molecule has 0 aromatic carbocycles. The van der Waals surface area contributed by atoms with Crippen LogP contribution in [-0.2, 0) is 14.8 Å². The third kappa shape index (κ3) is 4.10. The predicted octanol–water partition coefficient (Wildman–Crippen LogP) is 1.80. The number of rotatable bonds is 6. The van der Waals surface area contributed by atoms with Crippen LogP contribution in [-0.4, -0.2) is 51.5 Å². The maximum Gasteiger partial charge on any atom is 0.242 e. The summed E-state index contributed by atoms with van der Waals surface area (Å²) in [6, 6.07) is 2.85. The average Bonchev–Trinajstić information content (AvgIpc) is 3.17. The van der Waals surface area contributed by atoms with Crippen LogP contribution in [0.1, 0.15) is 32.6 Å². The fourth-order valence-electron chi connectivity index (χ4n) is 3.11. The van der Waals surface area contributed by atoms with Crippen molar-refractivity contribution in [1.82, 2.24) is 18.8 Å². The molecular formula is C17H23N5O3S. The van der Waals surface area contributed by atoms with Gasteiger partial charge in [0.25, 0.3) is 0 Å². The van der Waals surface area contributed by atoms with E-state index < -0.39 is 16.1 Å². The quantitative estimate of drug-likeness (QED) is 0.828. The summed E-state index contributed by atoms with van der Waals surface area (Å²) in [7, 11) is -3.41. The van der Waals surface area contributed by atoms with Gasteiger partial charge in [0, 0.05) is 18.9 Å². The number of carbonyl (C=O) groups is 1. The second kappa shape index (κ2) is 7.96. The molecule has 0 bridgehead atoms. The minimum Gasteiger partial charge on any atom is -0.323 e. The van der Waals surface area contributed by atoms with Crippen LogP contribution in [0.25, 0.3) is 5.82 Å². The lowest BCUT2D eigenvalue weighted by atomic mass is 10.0. The van der Waals surface area contributed by atoms with Crippen LogP contribution in [0.2, 0.25) is 0 Å². The number of carbonyl (C=O) groups excluding carboxylic acids is 1. The van der Waals surface area contributed by atoms with Gasteiger partial charge in [-0.05, 0) is 31.4 Å². The summed E-state index contributed by atoms with van der Waals surface area (Å²) < 4.78 is 28.0. The van der Waals surface area contributed by atoms with Gasteiger partial charge in [0.15, 0.2) is 0 Å². The molecule has 0 radical (unpaired) electrons. The van der Waals surface area contributed by atoms with Crippen molar-refractivity contribution in [2.75, 3.05) is 17.6 Å².